The number of carbonyl (C=O) groups is 2. The topological polar surface area (TPSA) is 69.6 Å². The molecule has 7 heteroatoms. The van der Waals surface area contributed by atoms with Gasteiger partial charge in [0.25, 0.3) is 0 Å². The molecule has 0 radical (unpaired) electrons. The molecule has 2 aliphatic heterocycles. The summed E-state index contributed by atoms with van der Waals surface area (Å²) in [6.45, 7) is 0.435. The summed E-state index contributed by atoms with van der Waals surface area (Å²) in [5.74, 6) is -1.00. The van der Waals surface area contributed by atoms with E-state index in [9.17, 15) is 14.7 Å². The van der Waals surface area contributed by atoms with Gasteiger partial charge in [0.05, 0.1) is 12.5 Å². The lowest BCUT2D eigenvalue weighted by molar-refractivity contribution is -0.141. The normalized spacial score (nSPS) is 21.6. The third-order valence-corrected chi connectivity index (χ3v) is 5.54. The number of benzene rings is 2. The van der Waals surface area contributed by atoms with E-state index in [1.54, 1.807) is 17.0 Å². The molecule has 0 spiro atoms. The minimum atomic E-state index is -0.971. The third-order valence-electron chi connectivity index (χ3n) is 5.01. The van der Waals surface area contributed by atoms with E-state index in [0.717, 1.165) is 16.7 Å². The Bertz CT molecular complexity index is 916. The van der Waals surface area contributed by atoms with Crippen molar-refractivity contribution >= 4 is 40.8 Å². The van der Waals surface area contributed by atoms with E-state index < -0.39 is 18.1 Å². The summed E-state index contributed by atoms with van der Waals surface area (Å²) in [5, 5.41) is 13.3. The van der Waals surface area contributed by atoms with Gasteiger partial charge in [0.1, 0.15) is 6.04 Å². The molecular formula is C19H16Cl2N2O3. The quantitative estimate of drug-likeness (QED) is 0.815. The van der Waals surface area contributed by atoms with Crippen LogP contribution in [0, 0.1) is 0 Å². The lowest BCUT2D eigenvalue weighted by atomic mass is 9.89. The lowest BCUT2D eigenvalue weighted by Gasteiger charge is -2.41. The molecular weight excluding hydrogens is 375 g/mol. The second kappa shape index (κ2) is 6.49. The fourth-order valence-corrected chi connectivity index (χ4v) is 4.40. The van der Waals surface area contributed by atoms with Crippen LogP contribution in [0.25, 0.3) is 0 Å². The van der Waals surface area contributed by atoms with Crippen LogP contribution in [0.4, 0.5) is 5.69 Å². The maximum absolute atomic E-state index is 12.8. The van der Waals surface area contributed by atoms with Crippen LogP contribution in [0.3, 0.4) is 0 Å². The van der Waals surface area contributed by atoms with Crippen molar-refractivity contribution in [1.29, 1.82) is 0 Å². The van der Waals surface area contributed by atoms with Gasteiger partial charge < -0.3 is 15.3 Å². The lowest BCUT2D eigenvalue weighted by Crippen LogP contribution is -2.45. The number of hydrogen-bond acceptors (Lipinski definition) is 3. The monoisotopic (exact) mass is 390 g/mol. The first kappa shape index (κ1) is 17.2. The maximum atomic E-state index is 12.8. The number of hydrogen-bond donors (Lipinski definition) is 2. The first-order chi connectivity index (χ1) is 12.4. The molecule has 26 heavy (non-hydrogen) atoms. The molecule has 0 fully saturated rings. The Morgan fingerprint density at radius 1 is 1.19 bits per heavy atom. The fourth-order valence-electron chi connectivity index (χ4n) is 3.78. The van der Waals surface area contributed by atoms with Crippen molar-refractivity contribution in [3.05, 3.63) is 63.1 Å². The summed E-state index contributed by atoms with van der Waals surface area (Å²) in [6, 6.07) is 9.86. The molecule has 0 aliphatic carbocycles. The predicted octanol–water partition coefficient (Wildman–Crippen LogP) is 3.89. The average molecular weight is 391 g/mol. The van der Waals surface area contributed by atoms with E-state index in [0.29, 0.717) is 28.7 Å². The van der Waals surface area contributed by atoms with E-state index in [2.05, 4.69) is 5.32 Å². The van der Waals surface area contributed by atoms with Gasteiger partial charge in [-0.25, -0.2) is 4.79 Å². The SMILES string of the molecule is O=C(O)[C@H]1C[C@H](N2Cc3ccccc3CC2=O)c2c(Cl)cc(Cl)cc2N1. The van der Waals surface area contributed by atoms with Crippen molar-refractivity contribution in [3.63, 3.8) is 0 Å². The van der Waals surface area contributed by atoms with Gasteiger partial charge in [0.2, 0.25) is 5.91 Å². The highest BCUT2D eigenvalue weighted by atomic mass is 35.5. The summed E-state index contributed by atoms with van der Waals surface area (Å²) < 4.78 is 0. The largest absolute Gasteiger partial charge is 0.480 e. The van der Waals surface area contributed by atoms with Gasteiger partial charge in [-0.2, -0.15) is 0 Å². The van der Waals surface area contributed by atoms with Crippen molar-refractivity contribution in [3.8, 4) is 0 Å². The molecule has 0 saturated carbocycles. The number of carboxylic acid groups (broad SMARTS) is 1. The highest BCUT2D eigenvalue weighted by Gasteiger charge is 2.39. The molecule has 2 heterocycles. The van der Waals surface area contributed by atoms with Gasteiger partial charge in [-0.3, -0.25) is 4.79 Å². The first-order valence-corrected chi connectivity index (χ1v) is 9.04. The number of anilines is 1. The molecule has 2 N–H and O–H groups in total. The van der Waals surface area contributed by atoms with Gasteiger partial charge in [0.15, 0.2) is 0 Å². The maximum Gasteiger partial charge on any atom is 0.326 e. The van der Waals surface area contributed by atoms with Crippen LogP contribution in [-0.2, 0) is 22.6 Å². The Morgan fingerprint density at radius 2 is 1.92 bits per heavy atom. The van der Waals surface area contributed by atoms with Crippen LogP contribution < -0.4 is 5.32 Å². The number of amides is 1. The van der Waals surface area contributed by atoms with Crippen LogP contribution in [-0.4, -0.2) is 27.9 Å². The number of carboxylic acids is 1. The fraction of sp³-hybridized carbons (Fsp3) is 0.263. The Morgan fingerprint density at radius 3 is 2.65 bits per heavy atom. The Labute approximate surface area is 160 Å². The van der Waals surface area contributed by atoms with E-state index in [1.165, 1.54) is 0 Å². The zero-order valence-electron chi connectivity index (χ0n) is 13.7. The number of aliphatic carboxylic acids is 1. The summed E-state index contributed by atoms with van der Waals surface area (Å²) in [7, 11) is 0. The van der Waals surface area contributed by atoms with Crippen molar-refractivity contribution in [2.75, 3.05) is 5.32 Å². The first-order valence-electron chi connectivity index (χ1n) is 8.28. The zero-order chi connectivity index (χ0) is 18.4. The Balaban J connectivity index is 1.78. The number of nitrogens with one attached hydrogen (secondary N) is 1. The molecule has 4 rings (SSSR count). The summed E-state index contributed by atoms with van der Waals surface area (Å²) >= 11 is 12.5. The summed E-state index contributed by atoms with van der Waals surface area (Å²) in [6.07, 6.45) is 0.552. The van der Waals surface area contributed by atoms with Crippen molar-refractivity contribution < 1.29 is 14.7 Å². The van der Waals surface area contributed by atoms with Gasteiger partial charge in [-0.05, 0) is 23.3 Å². The van der Waals surface area contributed by atoms with Crippen LogP contribution in [0.2, 0.25) is 10.0 Å². The number of nitrogens with zero attached hydrogens (tertiary/aromatic N) is 1. The van der Waals surface area contributed by atoms with E-state index >= 15 is 0 Å². The van der Waals surface area contributed by atoms with Gasteiger partial charge in [0, 0.05) is 34.3 Å². The molecule has 0 saturated heterocycles. The van der Waals surface area contributed by atoms with Gasteiger partial charge >= 0.3 is 5.97 Å². The minimum absolute atomic E-state index is 0.0308. The Hall–Kier alpha value is -2.24. The number of fused-ring (bicyclic) bond motifs is 2. The second-order valence-electron chi connectivity index (χ2n) is 6.60. The minimum Gasteiger partial charge on any atom is -0.480 e. The highest BCUT2D eigenvalue weighted by Crippen LogP contribution is 2.44. The molecule has 2 atom stereocenters. The van der Waals surface area contributed by atoms with Crippen LogP contribution in [0.5, 0.6) is 0 Å². The molecule has 1 amide bonds. The smallest absolute Gasteiger partial charge is 0.326 e. The molecule has 134 valence electrons. The van der Waals surface area contributed by atoms with Crippen molar-refractivity contribution in [1.82, 2.24) is 4.90 Å². The van der Waals surface area contributed by atoms with Crippen molar-refractivity contribution in [2.24, 2.45) is 0 Å². The molecule has 2 aromatic carbocycles. The van der Waals surface area contributed by atoms with Crippen LogP contribution in [0.1, 0.15) is 29.2 Å². The molecule has 0 aromatic heterocycles. The Kier molecular flexibility index (Phi) is 4.29. The van der Waals surface area contributed by atoms with E-state index in [1.807, 2.05) is 24.3 Å². The number of carbonyl (C=O) groups excluding carboxylic acids is 1. The standard InChI is InChI=1S/C19H16Cl2N2O3/c20-12-6-13(21)18-14(7-12)22-15(19(25)26)8-16(18)23-9-11-4-2-1-3-10(11)5-17(23)24/h1-4,6-7,15-16,22H,5,8-9H2,(H,25,26)/t15-,16+/m1/s1. The van der Waals surface area contributed by atoms with E-state index in [4.69, 9.17) is 23.2 Å². The summed E-state index contributed by atoms with van der Waals surface area (Å²) in [4.78, 5) is 26.2. The van der Waals surface area contributed by atoms with Crippen LogP contribution in [0.15, 0.2) is 36.4 Å². The average Bonchev–Trinajstić information content (AvgIpc) is 2.59. The predicted molar refractivity (Wildman–Crippen MR) is 99.6 cm³/mol. The highest BCUT2D eigenvalue weighted by molar-refractivity contribution is 6.35. The van der Waals surface area contributed by atoms with Crippen molar-refractivity contribution in [2.45, 2.75) is 31.5 Å². The molecule has 5 nitrogen and oxygen atoms in total. The molecule has 0 unspecified atom stereocenters. The molecule has 2 aromatic rings. The van der Waals surface area contributed by atoms with Crippen LogP contribution >= 0.6 is 23.2 Å². The number of rotatable bonds is 2. The van der Waals surface area contributed by atoms with Gasteiger partial charge in [-0.1, -0.05) is 47.5 Å². The third kappa shape index (κ3) is 2.91. The molecule has 0 bridgehead atoms. The second-order valence-corrected chi connectivity index (χ2v) is 7.45. The zero-order valence-corrected chi connectivity index (χ0v) is 15.2. The van der Waals surface area contributed by atoms with E-state index in [-0.39, 0.29) is 12.3 Å². The molecule has 2 aliphatic rings. The summed E-state index contributed by atoms with van der Waals surface area (Å²) in [5.41, 5.74) is 3.38. The number of halogens is 2. The van der Waals surface area contributed by atoms with Gasteiger partial charge in [-0.15, -0.1) is 0 Å².